The van der Waals surface area contributed by atoms with Gasteiger partial charge in [0.15, 0.2) is 0 Å². The van der Waals surface area contributed by atoms with Gasteiger partial charge in [-0.15, -0.1) is 0 Å². The van der Waals surface area contributed by atoms with Crippen molar-refractivity contribution in [2.45, 2.75) is 19.4 Å². The predicted molar refractivity (Wildman–Crippen MR) is 61.3 cm³/mol. The SMILES string of the molecule is CCOc1cccc(C2=NOC(C(=O)O)C2)c1. The zero-order chi connectivity index (χ0) is 12.3. The Morgan fingerprint density at radius 2 is 2.47 bits per heavy atom. The zero-order valence-corrected chi connectivity index (χ0v) is 9.42. The van der Waals surface area contributed by atoms with E-state index in [1.54, 1.807) is 0 Å². The van der Waals surface area contributed by atoms with Crippen LogP contribution in [0.4, 0.5) is 0 Å². The first-order valence-electron chi connectivity index (χ1n) is 5.39. The number of carbonyl (C=O) groups is 1. The maximum absolute atomic E-state index is 10.7. The highest BCUT2D eigenvalue weighted by molar-refractivity contribution is 6.03. The lowest BCUT2D eigenvalue weighted by Crippen LogP contribution is -2.19. The van der Waals surface area contributed by atoms with E-state index in [0.717, 1.165) is 11.3 Å². The van der Waals surface area contributed by atoms with Gasteiger partial charge >= 0.3 is 5.97 Å². The molecule has 0 saturated heterocycles. The summed E-state index contributed by atoms with van der Waals surface area (Å²) in [5, 5.41) is 12.6. The van der Waals surface area contributed by atoms with Crippen molar-refractivity contribution in [2.75, 3.05) is 6.61 Å². The van der Waals surface area contributed by atoms with Crippen LogP contribution in [0.2, 0.25) is 0 Å². The van der Waals surface area contributed by atoms with Crippen LogP contribution in [0.5, 0.6) is 5.75 Å². The number of benzene rings is 1. The van der Waals surface area contributed by atoms with Crippen LogP contribution in [0.15, 0.2) is 29.4 Å². The van der Waals surface area contributed by atoms with Crippen LogP contribution in [-0.4, -0.2) is 29.5 Å². The number of oxime groups is 1. The first-order valence-corrected chi connectivity index (χ1v) is 5.39. The minimum Gasteiger partial charge on any atom is -0.494 e. The van der Waals surface area contributed by atoms with Crippen molar-refractivity contribution in [3.63, 3.8) is 0 Å². The minimum atomic E-state index is -0.996. The largest absolute Gasteiger partial charge is 0.494 e. The molecular formula is C12H13NO4. The molecule has 1 unspecified atom stereocenters. The van der Waals surface area contributed by atoms with Crippen LogP contribution in [0, 0.1) is 0 Å². The number of nitrogens with zero attached hydrogens (tertiary/aromatic N) is 1. The van der Waals surface area contributed by atoms with Gasteiger partial charge in [0, 0.05) is 12.0 Å². The van der Waals surface area contributed by atoms with Crippen LogP contribution in [-0.2, 0) is 9.63 Å². The number of hydrogen-bond donors (Lipinski definition) is 1. The highest BCUT2D eigenvalue weighted by Gasteiger charge is 2.28. The van der Waals surface area contributed by atoms with Crippen LogP contribution < -0.4 is 4.74 Å². The molecule has 1 atom stereocenters. The molecule has 1 aliphatic rings. The summed E-state index contributed by atoms with van der Waals surface area (Å²) < 4.78 is 5.37. The molecule has 1 aromatic carbocycles. The third kappa shape index (κ3) is 2.55. The van der Waals surface area contributed by atoms with Gasteiger partial charge in [0.25, 0.3) is 0 Å². The zero-order valence-electron chi connectivity index (χ0n) is 9.42. The van der Waals surface area contributed by atoms with Gasteiger partial charge in [0.1, 0.15) is 5.75 Å². The second-order valence-electron chi connectivity index (χ2n) is 3.64. The number of carboxylic acids is 1. The van der Waals surface area contributed by atoms with E-state index in [1.165, 1.54) is 0 Å². The smallest absolute Gasteiger partial charge is 0.348 e. The molecule has 0 spiro atoms. The van der Waals surface area contributed by atoms with Gasteiger partial charge in [0.2, 0.25) is 6.10 Å². The molecule has 0 radical (unpaired) electrons. The summed E-state index contributed by atoms with van der Waals surface area (Å²) in [5.41, 5.74) is 1.47. The van der Waals surface area contributed by atoms with E-state index >= 15 is 0 Å². The Hall–Kier alpha value is -2.04. The Balaban J connectivity index is 2.13. The summed E-state index contributed by atoms with van der Waals surface area (Å²) in [6.07, 6.45) is -0.592. The van der Waals surface area contributed by atoms with E-state index in [1.807, 2.05) is 31.2 Å². The van der Waals surface area contributed by atoms with E-state index in [2.05, 4.69) is 5.16 Å². The third-order valence-corrected chi connectivity index (χ3v) is 2.42. The fraction of sp³-hybridized carbons (Fsp3) is 0.333. The van der Waals surface area contributed by atoms with E-state index in [-0.39, 0.29) is 6.42 Å². The molecular weight excluding hydrogens is 222 g/mol. The van der Waals surface area contributed by atoms with Crippen molar-refractivity contribution in [3.8, 4) is 5.75 Å². The van der Waals surface area contributed by atoms with E-state index < -0.39 is 12.1 Å². The Kier molecular flexibility index (Phi) is 3.27. The molecule has 2 rings (SSSR count). The van der Waals surface area contributed by atoms with Gasteiger partial charge in [-0.1, -0.05) is 17.3 Å². The van der Waals surface area contributed by atoms with E-state index in [0.29, 0.717) is 12.3 Å². The molecule has 0 amide bonds. The fourth-order valence-electron chi connectivity index (χ4n) is 1.61. The summed E-state index contributed by atoms with van der Waals surface area (Å²) in [4.78, 5) is 15.6. The lowest BCUT2D eigenvalue weighted by Gasteiger charge is -2.05. The number of aliphatic carboxylic acids is 1. The fourth-order valence-corrected chi connectivity index (χ4v) is 1.61. The number of hydrogen-bond acceptors (Lipinski definition) is 4. The second-order valence-corrected chi connectivity index (χ2v) is 3.64. The van der Waals surface area contributed by atoms with Crippen LogP contribution in [0.1, 0.15) is 18.9 Å². The summed E-state index contributed by atoms with van der Waals surface area (Å²) in [6.45, 7) is 2.49. The average molecular weight is 235 g/mol. The number of carboxylic acid groups (broad SMARTS) is 1. The van der Waals surface area contributed by atoms with Gasteiger partial charge < -0.3 is 14.7 Å². The Bertz CT molecular complexity index is 456. The molecule has 0 aliphatic carbocycles. The van der Waals surface area contributed by atoms with Crippen molar-refractivity contribution in [3.05, 3.63) is 29.8 Å². The molecule has 1 heterocycles. The van der Waals surface area contributed by atoms with Gasteiger partial charge in [-0.25, -0.2) is 4.79 Å². The first kappa shape index (κ1) is 11.4. The molecule has 0 saturated carbocycles. The lowest BCUT2D eigenvalue weighted by molar-refractivity contribution is -0.148. The first-order chi connectivity index (χ1) is 8.20. The van der Waals surface area contributed by atoms with Crippen molar-refractivity contribution < 1.29 is 19.5 Å². The summed E-state index contributed by atoms with van der Waals surface area (Å²) in [6, 6.07) is 7.37. The van der Waals surface area contributed by atoms with E-state index in [9.17, 15) is 4.79 Å². The maximum Gasteiger partial charge on any atom is 0.348 e. The Morgan fingerprint density at radius 3 is 3.12 bits per heavy atom. The lowest BCUT2D eigenvalue weighted by atomic mass is 10.0. The Labute approximate surface area is 98.6 Å². The number of ether oxygens (including phenoxy) is 1. The summed E-state index contributed by atoms with van der Waals surface area (Å²) in [5.74, 6) is -0.254. The molecule has 0 fully saturated rings. The Morgan fingerprint density at radius 1 is 1.65 bits per heavy atom. The highest BCUT2D eigenvalue weighted by Crippen LogP contribution is 2.20. The molecule has 0 bridgehead atoms. The molecule has 90 valence electrons. The van der Waals surface area contributed by atoms with Crippen LogP contribution in [0.25, 0.3) is 0 Å². The molecule has 0 aromatic heterocycles. The molecule has 5 nitrogen and oxygen atoms in total. The average Bonchev–Trinajstić information content (AvgIpc) is 2.79. The number of rotatable bonds is 4. The van der Waals surface area contributed by atoms with Crippen LogP contribution >= 0.6 is 0 Å². The van der Waals surface area contributed by atoms with Gasteiger partial charge in [0.05, 0.1) is 12.3 Å². The van der Waals surface area contributed by atoms with Crippen molar-refractivity contribution in [1.82, 2.24) is 0 Å². The van der Waals surface area contributed by atoms with Crippen molar-refractivity contribution in [1.29, 1.82) is 0 Å². The summed E-state index contributed by atoms with van der Waals surface area (Å²) >= 11 is 0. The van der Waals surface area contributed by atoms with Crippen molar-refractivity contribution in [2.24, 2.45) is 5.16 Å². The monoisotopic (exact) mass is 235 g/mol. The summed E-state index contributed by atoms with van der Waals surface area (Å²) in [7, 11) is 0. The van der Waals surface area contributed by atoms with Crippen molar-refractivity contribution >= 4 is 11.7 Å². The quantitative estimate of drug-likeness (QED) is 0.861. The minimum absolute atomic E-state index is 0.283. The van der Waals surface area contributed by atoms with Gasteiger partial charge in [-0.2, -0.15) is 0 Å². The van der Waals surface area contributed by atoms with E-state index in [4.69, 9.17) is 14.7 Å². The topological polar surface area (TPSA) is 68.1 Å². The molecule has 1 aliphatic heterocycles. The third-order valence-electron chi connectivity index (χ3n) is 2.42. The predicted octanol–water partition coefficient (Wildman–Crippen LogP) is 1.66. The van der Waals surface area contributed by atoms with Gasteiger partial charge in [-0.3, -0.25) is 0 Å². The second kappa shape index (κ2) is 4.86. The normalized spacial score (nSPS) is 18.4. The molecule has 17 heavy (non-hydrogen) atoms. The highest BCUT2D eigenvalue weighted by atomic mass is 16.7. The standard InChI is InChI=1S/C12H13NO4/c1-2-16-9-5-3-4-8(6-9)10-7-11(12(14)15)17-13-10/h3-6,11H,2,7H2,1H3,(H,14,15). The maximum atomic E-state index is 10.7. The molecule has 1 aromatic rings. The molecule has 1 N–H and O–H groups in total. The van der Waals surface area contributed by atoms with Crippen LogP contribution in [0.3, 0.4) is 0 Å². The molecule has 5 heteroatoms. The van der Waals surface area contributed by atoms with Gasteiger partial charge in [-0.05, 0) is 19.1 Å².